The highest BCUT2D eigenvalue weighted by atomic mass is 19.4. The summed E-state index contributed by atoms with van der Waals surface area (Å²) >= 11 is 0. The molecule has 7 nitrogen and oxygen atoms in total. The fourth-order valence-corrected chi connectivity index (χ4v) is 3.85. The first kappa shape index (κ1) is 27.4. The number of anilines is 2. The van der Waals surface area contributed by atoms with Gasteiger partial charge in [0.15, 0.2) is 0 Å². The summed E-state index contributed by atoms with van der Waals surface area (Å²) in [6, 6.07) is 8.33. The number of rotatable bonds is 6. The highest BCUT2D eigenvalue weighted by molar-refractivity contribution is 6.04. The maximum atomic E-state index is 13.6. The van der Waals surface area contributed by atoms with E-state index < -0.39 is 17.6 Å². The SMILES string of the molecule is CCN(CC)c1ncc(C#Cc2cc(C(=O)Nc3cc(-n4cnc(C)c4)cc(C(F)(F)F)c3)ccc2C)cn1. The summed E-state index contributed by atoms with van der Waals surface area (Å²) in [6.45, 7) is 9.23. The summed E-state index contributed by atoms with van der Waals surface area (Å²) in [5.41, 5.74) is 2.33. The number of hydrogen-bond acceptors (Lipinski definition) is 5. The zero-order valence-electron chi connectivity index (χ0n) is 22.0. The van der Waals surface area contributed by atoms with Crippen LogP contribution in [0.3, 0.4) is 0 Å². The second-order valence-electron chi connectivity index (χ2n) is 8.87. The zero-order chi connectivity index (χ0) is 28.2. The molecular formula is C29H27F3N6O. The third-order valence-corrected chi connectivity index (χ3v) is 6.04. The van der Waals surface area contributed by atoms with Gasteiger partial charge in [-0.25, -0.2) is 15.0 Å². The Kier molecular flexibility index (Phi) is 8.00. The van der Waals surface area contributed by atoms with E-state index in [2.05, 4.69) is 32.1 Å². The van der Waals surface area contributed by atoms with Crippen molar-refractivity contribution in [1.82, 2.24) is 19.5 Å². The van der Waals surface area contributed by atoms with Crippen molar-refractivity contribution < 1.29 is 18.0 Å². The molecule has 0 spiro atoms. The number of halogens is 3. The Bertz CT molecular complexity index is 1540. The molecule has 4 aromatic rings. The molecule has 0 aliphatic rings. The van der Waals surface area contributed by atoms with Crippen LogP contribution in [-0.4, -0.2) is 38.5 Å². The molecule has 0 aliphatic heterocycles. The van der Waals surface area contributed by atoms with E-state index in [4.69, 9.17) is 0 Å². The van der Waals surface area contributed by atoms with Crippen molar-refractivity contribution >= 4 is 17.5 Å². The smallest absolute Gasteiger partial charge is 0.341 e. The van der Waals surface area contributed by atoms with Crippen molar-refractivity contribution in [2.45, 2.75) is 33.9 Å². The molecule has 0 aliphatic carbocycles. The number of hydrogen-bond donors (Lipinski definition) is 1. The standard InChI is InChI=1S/C29H27F3N6O/c1-5-37(6-2)28-33-15-21(16-34-28)8-10-22-11-23(9-7-19(22)3)27(39)36-25-12-24(29(30,31)32)13-26(14-25)38-17-20(4)35-18-38/h7,9,11-18H,5-6H2,1-4H3,(H,36,39). The minimum absolute atomic E-state index is 0.00910. The van der Waals surface area contributed by atoms with Gasteiger partial charge in [0.05, 0.1) is 23.1 Å². The van der Waals surface area contributed by atoms with Gasteiger partial charge in [0.1, 0.15) is 0 Å². The van der Waals surface area contributed by atoms with Gasteiger partial charge in [0.25, 0.3) is 5.91 Å². The first-order valence-electron chi connectivity index (χ1n) is 12.3. The van der Waals surface area contributed by atoms with Crippen LogP contribution in [0.25, 0.3) is 5.69 Å². The largest absolute Gasteiger partial charge is 0.416 e. The summed E-state index contributed by atoms with van der Waals surface area (Å²) in [5.74, 6) is 6.12. The molecule has 1 N–H and O–H groups in total. The van der Waals surface area contributed by atoms with Crippen LogP contribution in [0.5, 0.6) is 0 Å². The minimum Gasteiger partial charge on any atom is -0.341 e. The van der Waals surface area contributed by atoms with E-state index in [9.17, 15) is 18.0 Å². The van der Waals surface area contributed by atoms with Gasteiger partial charge in [-0.3, -0.25) is 4.79 Å². The molecule has 2 heterocycles. The highest BCUT2D eigenvalue weighted by Crippen LogP contribution is 2.33. The Hall–Kier alpha value is -4.65. The normalized spacial score (nSPS) is 11.1. The molecule has 0 atom stereocenters. The van der Waals surface area contributed by atoms with E-state index in [1.54, 1.807) is 43.7 Å². The number of nitrogens with one attached hydrogen (secondary N) is 1. The Morgan fingerprint density at radius 3 is 2.33 bits per heavy atom. The Morgan fingerprint density at radius 1 is 1.00 bits per heavy atom. The van der Waals surface area contributed by atoms with Crippen LogP contribution in [0.4, 0.5) is 24.8 Å². The van der Waals surface area contributed by atoms with Crippen molar-refractivity contribution in [1.29, 1.82) is 0 Å². The molecule has 2 aromatic heterocycles. The van der Waals surface area contributed by atoms with Crippen LogP contribution in [0.2, 0.25) is 0 Å². The van der Waals surface area contributed by atoms with Gasteiger partial charge in [-0.15, -0.1) is 0 Å². The van der Waals surface area contributed by atoms with Crippen LogP contribution in [0.1, 0.15) is 52.2 Å². The Labute approximate surface area is 224 Å². The number of benzene rings is 2. The molecule has 200 valence electrons. The second kappa shape index (κ2) is 11.4. The highest BCUT2D eigenvalue weighted by Gasteiger charge is 2.31. The summed E-state index contributed by atoms with van der Waals surface area (Å²) in [7, 11) is 0. The van der Waals surface area contributed by atoms with Crippen LogP contribution in [0.15, 0.2) is 61.3 Å². The van der Waals surface area contributed by atoms with Crippen molar-refractivity contribution in [3.63, 3.8) is 0 Å². The topological polar surface area (TPSA) is 75.9 Å². The van der Waals surface area contributed by atoms with Crippen molar-refractivity contribution in [2.24, 2.45) is 0 Å². The van der Waals surface area contributed by atoms with Gasteiger partial charge in [-0.1, -0.05) is 17.9 Å². The zero-order valence-corrected chi connectivity index (χ0v) is 22.0. The average molecular weight is 533 g/mol. The molecular weight excluding hydrogens is 505 g/mol. The van der Waals surface area contributed by atoms with E-state index in [-0.39, 0.29) is 16.9 Å². The van der Waals surface area contributed by atoms with E-state index in [1.165, 1.54) is 17.0 Å². The van der Waals surface area contributed by atoms with Crippen LogP contribution in [-0.2, 0) is 6.18 Å². The third kappa shape index (κ3) is 6.62. The molecule has 0 saturated heterocycles. The van der Waals surface area contributed by atoms with Gasteiger partial charge in [-0.2, -0.15) is 13.2 Å². The maximum Gasteiger partial charge on any atom is 0.416 e. The molecule has 39 heavy (non-hydrogen) atoms. The Morgan fingerprint density at radius 2 is 1.72 bits per heavy atom. The number of nitrogens with zero attached hydrogens (tertiary/aromatic N) is 5. The molecule has 0 bridgehead atoms. The summed E-state index contributed by atoms with van der Waals surface area (Å²) < 4.78 is 42.2. The number of carbonyl (C=O) groups excluding carboxylic acids is 1. The lowest BCUT2D eigenvalue weighted by molar-refractivity contribution is -0.137. The van der Waals surface area contributed by atoms with E-state index in [1.807, 2.05) is 25.7 Å². The molecule has 0 fully saturated rings. The van der Waals surface area contributed by atoms with Gasteiger partial charge < -0.3 is 14.8 Å². The van der Waals surface area contributed by atoms with E-state index in [0.29, 0.717) is 22.8 Å². The molecule has 2 aromatic carbocycles. The van der Waals surface area contributed by atoms with Gasteiger partial charge in [0, 0.05) is 54.2 Å². The third-order valence-electron chi connectivity index (χ3n) is 6.04. The number of aryl methyl sites for hydroxylation is 2. The summed E-state index contributed by atoms with van der Waals surface area (Å²) in [6.07, 6.45) is 1.72. The van der Waals surface area contributed by atoms with E-state index in [0.717, 1.165) is 30.8 Å². The predicted octanol–water partition coefficient (Wildman–Crippen LogP) is 5.80. The summed E-state index contributed by atoms with van der Waals surface area (Å²) in [4.78, 5) is 27.9. The lowest BCUT2D eigenvalue weighted by atomic mass is 10.0. The minimum atomic E-state index is -4.59. The molecule has 0 saturated carbocycles. The first-order chi connectivity index (χ1) is 18.6. The molecule has 0 unspecified atom stereocenters. The number of imidazole rings is 1. The number of amides is 1. The van der Waals surface area contributed by atoms with Crippen molar-refractivity contribution in [3.8, 4) is 17.5 Å². The molecule has 0 radical (unpaired) electrons. The molecule has 10 heteroatoms. The van der Waals surface area contributed by atoms with Gasteiger partial charge in [-0.05, 0) is 63.6 Å². The van der Waals surface area contributed by atoms with Crippen LogP contribution >= 0.6 is 0 Å². The second-order valence-corrected chi connectivity index (χ2v) is 8.87. The van der Waals surface area contributed by atoms with Crippen LogP contribution in [0, 0.1) is 25.7 Å². The van der Waals surface area contributed by atoms with E-state index >= 15 is 0 Å². The van der Waals surface area contributed by atoms with Crippen molar-refractivity contribution in [3.05, 3.63) is 94.8 Å². The lowest BCUT2D eigenvalue weighted by Crippen LogP contribution is -2.23. The maximum absolute atomic E-state index is 13.6. The fraction of sp³-hybridized carbons (Fsp3) is 0.241. The Balaban J connectivity index is 1.58. The number of alkyl halides is 3. The average Bonchev–Trinajstić information content (AvgIpc) is 3.35. The number of carbonyl (C=O) groups is 1. The monoisotopic (exact) mass is 532 g/mol. The summed E-state index contributed by atoms with van der Waals surface area (Å²) in [5, 5.41) is 2.59. The quantitative estimate of drug-likeness (QED) is 0.318. The molecule has 4 rings (SSSR count). The predicted molar refractivity (Wildman–Crippen MR) is 144 cm³/mol. The molecule has 1 amide bonds. The number of aromatic nitrogens is 4. The van der Waals surface area contributed by atoms with Gasteiger partial charge >= 0.3 is 6.18 Å². The van der Waals surface area contributed by atoms with Crippen LogP contribution < -0.4 is 10.2 Å². The fourth-order valence-electron chi connectivity index (χ4n) is 3.85. The van der Waals surface area contributed by atoms with Crippen molar-refractivity contribution in [2.75, 3.05) is 23.3 Å². The first-order valence-corrected chi connectivity index (χ1v) is 12.3. The van der Waals surface area contributed by atoms with Gasteiger partial charge in [0.2, 0.25) is 5.95 Å². The lowest BCUT2D eigenvalue weighted by Gasteiger charge is -2.17.